The van der Waals surface area contributed by atoms with Crippen molar-refractivity contribution in [2.75, 3.05) is 6.54 Å². The lowest BCUT2D eigenvalue weighted by Crippen LogP contribution is -2.25. The van der Waals surface area contributed by atoms with Gasteiger partial charge in [-0.15, -0.1) is 0 Å². The summed E-state index contributed by atoms with van der Waals surface area (Å²) in [4.78, 5) is 11.3. The van der Waals surface area contributed by atoms with Crippen LogP contribution in [0.15, 0.2) is 40.9 Å². The highest BCUT2D eigenvalue weighted by Crippen LogP contribution is 2.19. The molecule has 0 spiro atoms. The Morgan fingerprint density at radius 3 is 2.84 bits per heavy atom. The first kappa shape index (κ1) is 13.3. The minimum Gasteiger partial charge on any atom is -0.356 e. The van der Waals surface area contributed by atoms with E-state index >= 15 is 0 Å². The van der Waals surface area contributed by atoms with Gasteiger partial charge in [0.15, 0.2) is 5.76 Å². The fourth-order valence-corrected chi connectivity index (χ4v) is 1.81. The first-order chi connectivity index (χ1) is 9.29. The van der Waals surface area contributed by atoms with Gasteiger partial charge in [-0.05, 0) is 6.42 Å². The molecule has 0 unspecified atom stereocenters. The Bertz CT molecular complexity index is 520. The van der Waals surface area contributed by atoms with Crippen molar-refractivity contribution < 1.29 is 9.32 Å². The Morgan fingerprint density at radius 1 is 1.32 bits per heavy atom. The third-order valence-corrected chi connectivity index (χ3v) is 2.80. The highest BCUT2D eigenvalue weighted by molar-refractivity contribution is 5.75. The molecule has 0 aliphatic carbocycles. The number of hydrogen-bond acceptors (Lipinski definition) is 3. The van der Waals surface area contributed by atoms with E-state index in [9.17, 15) is 4.79 Å². The van der Waals surface area contributed by atoms with Crippen LogP contribution in [0, 0.1) is 0 Å². The quantitative estimate of drug-likeness (QED) is 0.866. The van der Waals surface area contributed by atoms with E-state index < -0.39 is 0 Å². The van der Waals surface area contributed by atoms with Crippen molar-refractivity contribution in [3.05, 3.63) is 42.1 Å². The van der Waals surface area contributed by atoms with E-state index in [4.69, 9.17) is 4.52 Å². The number of amides is 1. The molecule has 0 bridgehead atoms. The molecule has 0 atom stereocenters. The zero-order valence-electron chi connectivity index (χ0n) is 11.1. The molecule has 2 rings (SSSR count). The Labute approximate surface area is 112 Å². The maximum atomic E-state index is 11.3. The molecule has 19 heavy (non-hydrogen) atoms. The van der Waals surface area contributed by atoms with Crippen molar-refractivity contribution in [3.63, 3.8) is 0 Å². The molecule has 0 aliphatic rings. The molecular weight excluding hydrogens is 240 g/mol. The van der Waals surface area contributed by atoms with Gasteiger partial charge in [0, 0.05) is 31.0 Å². The summed E-state index contributed by atoms with van der Waals surface area (Å²) in [5.41, 5.74) is 1.87. The fourth-order valence-electron chi connectivity index (χ4n) is 1.81. The zero-order valence-corrected chi connectivity index (χ0v) is 11.1. The number of aromatic nitrogens is 1. The standard InChI is InChI=1S/C15H18N2O2/c1-2-6-15(18)16-10-9-13-11-14(19-17-13)12-7-4-3-5-8-12/h3-5,7-8,11H,2,6,9-10H2,1H3,(H,16,18). The second-order valence-corrected chi connectivity index (χ2v) is 4.40. The van der Waals surface area contributed by atoms with Crippen LogP contribution in [0.1, 0.15) is 25.5 Å². The molecular formula is C15H18N2O2. The molecule has 0 saturated carbocycles. The van der Waals surface area contributed by atoms with E-state index in [1.807, 2.05) is 43.3 Å². The van der Waals surface area contributed by atoms with E-state index in [-0.39, 0.29) is 5.91 Å². The molecule has 0 aliphatic heterocycles. The van der Waals surface area contributed by atoms with Crippen LogP contribution in [0.4, 0.5) is 0 Å². The van der Waals surface area contributed by atoms with Crippen molar-refractivity contribution in [2.45, 2.75) is 26.2 Å². The lowest BCUT2D eigenvalue weighted by molar-refractivity contribution is -0.121. The third kappa shape index (κ3) is 3.95. The van der Waals surface area contributed by atoms with Gasteiger partial charge in [-0.3, -0.25) is 4.79 Å². The van der Waals surface area contributed by atoms with Crippen molar-refractivity contribution >= 4 is 5.91 Å². The summed E-state index contributed by atoms with van der Waals surface area (Å²) >= 11 is 0. The molecule has 1 aromatic carbocycles. The van der Waals surface area contributed by atoms with Gasteiger partial charge >= 0.3 is 0 Å². The number of rotatable bonds is 6. The highest BCUT2D eigenvalue weighted by atomic mass is 16.5. The summed E-state index contributed by atoms with van der Waals surface area (Å²) in [5.74, 6) is 0.852. The van der Waals surface area contributed by atoms with E-state index in [1.54, 1.807) is 0 Å². The summed E-state index contributed by atoms with van der Waals surface area (Å²) in [5, 5.41) is 6.87. The van der Waals surface area contributed by atoms with Crippen molar-refractivity contribution in [2.24, 2.45) is 0 Å². The number of nitrogens with zero attached hydrogens (tertiary/aromatic N) is 1. The number of carbonyl (C=O) groups is 1. The minimum atomic E-state index is 0.0919. The van der Waals surface area contributed by atoms with Gasteiger partial charge in [0.25, 0.3) is 0 Å². The maximum Gasteiger partial charge on any atom is 0.219 e. The molecule has 1 heterocycles. The van der Waals surface area contributed by atoms with Crippen LogP contribution in [-0.2, 0) is 11.2 Å². The predicted octanol–water partition coefficient (Wildman–Crippen LogP) is 2.80. The van der Waals surface area contributed by atoms with Gasteiger partial charge < -0.3 is 9.84 Å². The molecule has 0 radical (unpaired) electrons. The van der Waals surface area contributed by atoms with Gasteiger partial charge in [0.05, 0.1) is 5.69 Å². The average molecular weight is 258 g/mol. The van der Waals surface area contributed by atoms with Crippen molar-refractivity contribution in [3.8, 4) is 11.3 Å². The molecule has 100 valence electrons. The zero-order chi connectivity index (χ0) is 13.5. The summed E-state index contributed by atoms with van der Waals surface area (Å²) in [6, 6.07) is 11.8. The lowest BCUT2D eigenvalue weighted by atomic mass is 10.1. The van der Waals surface area contributed by atoms with Crippen LogP contribution in [0.25, 0.3) is 11.3 Å². The van der Waals surface area contributed by atoms with Crippen LogP contribution in [0.2, 0.25) is 0 Å². The normalized spacial score (nSPS) is 10.4. The van der Waals surface area contributed by atoms with Gasteiger partial charge in [0.1, 0.15) is 0 Å². The van der Waals surface area contributed by atoms with Crippen LogP contribution in [-0.4, -0.2) is 17.6 Å². The first-order valence-electron chi connectivity index (χ1n) is 6.57. The van der Waals surface area contributed by atoms with E-state index in [0.717, 1.165) is 23.4 Å². The minimum absolute atomic E-state index is 0.0919. The van der Waals surface area contributed by atoms with Crippen LogP contribution >= 0.6 is 0 Å². The lowest BCUT2D eigenvalue weighted by Gasteiger charge is -2.01. The number of benzene rings is 1. The molecule has 0 saturated heterocycles. The molecule has 4 heteroatoms. The van der Waals surface area contributed by atoms with Crippen molar-refractivity contribution in [1.82, 2.24) is 10.5 Å². The SMILES string of the molecule is CCCC(=O)NCCc1cc(-c2ccccc2)on1. The van der Waals surface area contributed by atoms with Gasteiger partial charge in [-0.1, -0.05) is 42.4 Å². The highest BCUT2D eigenvalue weighted by Gasteiger charge is 2.06. The number of carbonyl (C=O) groups excluding carboxylic acids is 1. The summed E-state index contributed by atoms with van der Waals surface area (Å²) < 4.78 is 5.29. The Kier molecular flexibility index (Phi) is 4.72. The molecule has 2 aromatic rings. The predicted molar refractivity (Wildman–Crippen MR) is 73.6 cm³/mol. The maximum absolute atomic E-state index is 11.3. The van der Waals surface area contributed by atoms with Gasteiger partial charge in [-0.25, -0.2) is 0 Å². The van der Waals surface area contributed by atoms with Crippen LogP contribution < -0.4 is 5.32 Å². The molecule has 1 aromatic heterocycles. The first-order valence-corrected chi connectivity index (χ1v) is 6.57. The van der Waals surface area contributed by atoms with E-state index in [0.29, 0.717) is 19.4 Å². The summed E-state index contributed by atoms with van der Waals surface area (Å²) in [7, 11) is 0. The molecule has 0 fully saturated rings. The Balaban J connectivity index is 1.86. The largest absolute Gasteiger partial charge is 0.356 e. The second kappa shape index (κ2) is 6.73. The van der Waals surface area contributed by atoms with Crippen LogP contribution in [0.3, 0.4) is 0 Å². The number of nitrogens with one attached hydrogen (secondary N) is 1. The number of hydrogen-bond donors (Lipinski definition) is 1. The fraction of sp³-hybridized carbons (Fsp3) is 0.333. The van der Waals surface area contributed by atoms with Crippen LogP contribution in [0.5, 0.6) is 0 Å². The second-order valence-electron chi connectivity index (χ2n) is 4.40. The topological polar surface area (TPSA) is 55.1 Å². The molecule has 1 amide bonds. The van der Waals surface area contributed by atoms with Crippen molar-refractivity contribution in [1.29, 1.82) is 0 Å². The Morgan fingerprint density at radius 2 is 2.11 bits per heavy atom. The molecule has 4 nitrogen and oxygen atoms in total. The van der Waals surface area contributed by atoms with E-state index in [2.05, 4.69) is 10.5 Å². The van der Waals surface area contributed by atoms with Gasteiger partial charge in [0.2, 0.25) is 5.91 Å². The molecule has 1 N–H and O–H groups in total. The average Bonchev–Trinajstić information content (AvgIpc) is 2.89. The summed E-state index contributed by atoms with van der Waals surface area (Å²) in [6.07, 6.45) is 2.13. The smallest absolute Gasteiger partial charge is 0.219 e. The van der Waals surface area contributed by atoms with E-state index in [1.165, 1.54) is 0 Å². The monoisotopic (exact) mass is 258 g/mol. The third-order valence-electron chi connectivity index (χ3n) is 2.80. The summed E-state index contributed by atoms with van der Waals surface area (Å²) in [6.45, 7) is 2.59. The van der Waals surface area contributed by atoms with Gasteiger partial charge in [-0.2, -0.15) is 0 Å². The Hall–Kier alpha value is -2.10.